The van der Waals surface area contributed by atoms with Crippen molar-refractivity contribution in [1.29, 1.82) is 0 Å². The molecule has 1 heterocycles. The van der Waals surface area contributed by atoms with Crippen LogP contribution in [0.3, 0.4) is 0 Å². The number of Topliss-reactive ketones (excluding diaryl/α,β-unsaturated/α-hetero) is 1. The smallest absolute Gasteiger partial charge is 0.230 e. The Labute approximate surface area is 209 Å². The number of halogens is 1. The van der Waals surface area contributed by atoms with Gasteiger partial charge in [-0.2, -0.15) is 0 Å². The Kier molecular flexibility index (Phi) is 7.38. The van der Waals surface area contributed by atoms with Gasteiger partial charge in [0.25, 0.3) is 0 Å². The standard InChI is InChI=1S/C26H29FN2O4S2/c1-16-8-12-19(13-9-16)35(32,33)34-22-14-15-29(17(2)23(22)26(31)28-3)24(25(30)18-10-11-18)20-6-4-5-7-21(20)27/h4-9,12-13,18,22-24H,2,10-11,14-15H2,1,3H3,(H,28,31). The van der Waals surface area contributed by atoms with Crippen molar-refractivity contribution in [2.45, 2.75) is 42.4 Å². The molecule has 3 unspecified atom stereocenters. The molecule has 1 amide bonds. The summed E-state index contributed by atoms with van der Waals surface area (Å²) in [6.45, 7) is 6.29. The Hall–Kier alpha value is -2.65. The minimum Gasteiger partial charge on any atom is -0.361 e. The van der Waals surface area contributed by atoms with Crippen molar-refractivity contribution in [3.8, 4) is 0 Å². The van der Waals surface area contributed by atoms with Crippen molar-refractivity contribution in [2.24, 2.45) is 11.8 Å². The molecular formula is C26H29FN2O4S2. The summed E-state index contributed by atoms with van der Waals surface area (Å²) in [5, 5.41) is 2.00. The molecule has 35 heavy (non-hydrogen) atoms. The minimum atomic E-state index is -3.74. The first-order valence-corrected chi connectivity index (χ1v) is 14.5. The van der Waals surface area contributed by atoms with Crippen molar-refractivity contribution in [2.75, 3.05) is 13.6 Å². The molecule has 1 saturated heterocycles. The average molecular weight is 517 g/mol. The Morgan fingerprint density at radius 1 is 1.11 bits per heavy atom. The summed E-state index contributed by atoms with van der Waals surface area (Å²) in [6, 6.07) is 11.8. The molecule has 0 bridgehead atoms. The van der Waals surface area contributed by atoms with Gasteiger partial charge in [-0.25, -0.2) is 12.8 Å². The molecule has 1 aliphatic heterocycles. The Morgan fingerprint density at radius 2 is 1.77 bits per heavy atom. The van der Waals surface area contributed by atoms with E-state index in [-0.39, 0.29) is 34.6 Å². The molecule has 6 nitrogen and oxygen atoms in total. The molecule has 9 heteroatoms. The number of nitrogens with zero attached hydrogens (tertiary/aromatic N) is 1. The van der Waals surface area contributed by atoms with Gasteiger partial charge in [-0.1, -0.05) is 42.5 Å². The van der Waals surface area contributed by atoms with E-state index in [0.717, 1.165) is 29.2 Å². The predicted octanol–water partition coefficient (Wildman–Crippen LogP) is 4.23. The largest absolute Gasteiger partial charge is 0.361 e. The normalized spacial score (nSPS) is 21.5. The number of aryl methyl sites for hydroxylation is 1. The number of likely N-dealkylation sites (tertiary alicyclic amines) is 1. The number of nitrogens with one attached hydrogen (secondary N) is 1. The Morgan fingerprint density at radius 3 is 2.37 bits per heavy atom. The van der Waals surface area contributed by atoms with Crippen LogP contribution in [0, 0.1) is 24.6 Å². The van der Waals surface area contributed by atoms with Crippen LogP contribution in [0.5, 0.6) is 0 Å². The Balaban J connectivity index is 1.66. The van der Waals surface area contributed by atoms with Gasteiger partial charge in [0.15, 0.2) is 5.78 Å². The second-order valence-electron chi connectivity index (χ2n) is 9.07. The van der Waals surface area contributed by atoms with Gasteiger partial charge in [0.05, 0.1) is 10.8 Å². The van der Waals surface area contributed by atoms with E-state index in [4.69, 9.17) is 0 Å². The molecule has 0 spiro atoms. The summed E-state index contributed by atoms with van der Waals surface area (Å²) in [5.41, 5.74) is 1.52. The van der Waals surface area contributed by atoms with Crippen molar-refractivity contribution in [1.82, 2.24) is 10.2 Å². The molecule has 2 aromatic carbocycles. The number of amides is 1. The number of hydrogen-bond acceptors (Lipinski definition) is 6. The number of hydrogen-bond donors (Lipinski definition) is 1. The summed E-state index contributed by atoms with van der Waals surface area (Å²) in [4.78, 5) is 28.2. The summed E-state index contributed by atoms with van der Waals surface area (Å²) in [6.07, 6.45) is 1.84. The number of ketones is 1. The number of benzene rings is 2. The molecule has 0 aromatic heterocycles. The second kappa shape index (κ2) is 10.1. The van der Waals surface area contributed by atoms with Gasteiger partial charge < -0.3 is 10.2 Å². The fraction of sp³-hybridized carbons (Fsp3) is 0.385. The van der Waals surface area contributed by atoms with Crippen molar-refractivity contribution in [3.63, 3.8) is 0 Å². The van der Waals surface area contributed by atoms with Crippen LogP contribution in [0.15, 0.2) is 65.7 Å². The molecule has 4 rings (SSSR count). The fourth-order valence-electron chi connectivity index (χ4n) is 4.53. The maximum atomic E-state index is 14.8. The number of rotatable bonds is 8. The van der Waals surface area contributed by atoms with Crippen molar-refractivity contribution in [3.05, 3.63) is 77.8 Å². The SMILES string of the molecule is C=C1C(C(=O)NC)C(SS(=O)(=O)c2ccc(C)cc2)CCN1C(C(=O)C1CC1)c1ccccc1F. The zero-order chi connectivity index (χ0) is 25.3. The van der Waals surface area contributed by atoms with Gasteiger partial charge >= 0.3 is 0 Å². The highest BCUT2D eigenvalue weighted by Gasteiger charge is 2.46. The van der Waals surface area contributed by atoms with Gasteiger partial charge in [0, 0.05) is 36.0 Å². The van der Waals surface area contributed by atoms with Gasteiger partial charge in [0.2, 0.25) is 14.8 Å². The van der Waals surface area contributed by atoms with E-state index in [0.29, 0.717) is 12.1 Å². The third-order valence-electron chi connectivity index (χ3n) is 6.60. The van der Waals surface area contributed by atoms with E-state index in [1.165, 1.54) is 13.1 Å². The quantitative estimate of drug-likeness (QED) is 0.529. The van der Waals surface area contributed by atoms with Crippen LogP contribution >= 0.6 is 10.8 Å². The molecule has 0 radical (unpaired) electrons. The third-order valence-corrected chi connectivity index (χ3v) is 10.5. The fourth-order valence-corrected chi connectivity index (χ4v) is 8.29. The van der Waals surface area contributed by atoms with Crippen LogP contribution in [0.25, 0.3) is 0 Å². The first-order chi connectivity index (χ1) is 16.6. The second-order valence-corrected chi connectivity index (χ2v) is 13.1. The summed E-state index contributed by atoms with van der Waals surface area (Å²) in [5.74, 6) is -2.00. The van der Waals surface area contributed by atoms with E-state index in [1.54, 1.807) is 47.4 Å². The highest BCUT2D eigenvalue weighted by Crippen LogP contribution is 2.45. The maximum Gasteiger partial charge on any atom is 0.230 e. The highest BCUT2D eigenvalue weighted by molar-refractivity contribution is 8.72. The number of carbonyl (C=O) groups excluding carboxylic acids is 2. The Bertz CT molecular complexity index is 1240. The lowest BCUT2D eigenvalue weighted by molar-refractivity contribution is -0.128. The molecule has 1 N–H and O–H groups in total. The summed E-state index contributed by atoms with van der Waals surface area (Å²) in [7, 11) is -1.52. The molecule has 1 saturated carbocycles. The average Bonchev–Trinajstić information content (AvgIpc) is 3.67. The van der Waals surface area contributed by atoms with Crippen LogP contribution in [0.2, 0.25) is 0 Å². The molecular weight excluding hydrogens is 487 g/mol. The van der Waals surface area contributed by atoms with E-state index >= 15 is 0 Å². The van der Waals surface area contributed by atoms with Gasteiger partial charge in [-0.15, -0.1) is 0 Å². The third kappa shape index (κ3) is 5.30. The van der Waals surface area contributed by atoms with Crippen LogP contribution < -0.4 is 5.32 Å². The van der Waals surface area contributed by atoms with Crippen LogP contribution in [0.1, 0.15) is 36.4 Å². The molecule has 186 valence electrons. The van der Waals surface area contributed by atoms with E-state index in [1.807, 2.05) is 6.92 Å². The van der Waals surface area contributed by atoms with Crippen molar-refractivity contribution >= 4 is 31.4 Å². The van der Waals surface area contributed by atoms with Gasteiger partial charge in [0.1, 0.15) is 11.9 Å². The summed E-state index contributed by atoms with van der Waals surface area (Å²) >= 11 is 0. The molecule has 1 aliphatic carbocycles. The highest BCUT2D eigenvalue weighted by atomic mass is 33.1. The zero-order valence-electron chi connectivity index (χ0n) is 19.7. The van der Waals surface area contributed by atoms with E-state index in [2.05, 4.69) is 11.9 Å². The first kappa shape index (κ1) is 25.4. The zero-order valence-corrected chi connectivity index (χ0v) is 21.4. The predicted molar refractivity (Wildman–Crippen MR) is 135 cm³/mol. The molecule has 2 aromatic rings. The number of carbonyl (C=O) groups is 2. The monoisotopic (exact) mass is 516 g/mol. The van der Waals surface area contributed by atoms with Gasteiger partial charge in [-0.05, 0) is 55.2 Å². The lowest BCUT2D eigenvalue weighted by Gasteiger charge is -2.43. The summed E-state index contributed by atoms with van der Waals surface area (Å²) < 4.78 is 41.1. The van der Waals surface area contributed by atoms with Gasteiger partial charge in [-0.3, -0.25) is 9.59 Å². The molecule has 2 aliphatic rings. The maximum absolute atomic E-state index is 14.8. The van der Waals surface area contributed by atoms with Crippen LogP contribution in [-0.4, -0.2) is 43.9 Å². The lowest BCUT2D eigenvalue weighted by atomic mass is 9.88. The lowest BCUT2D eigenvalue weighted by Crippen LogP contribution is -2.49. The topological polar surface area (TPSA) is 83.6 Å². The number of piperidine rings is 1. The first-order valence-electron chi connectivity index (χ1n) is 11.6. The van der Waals surface area contributed by atoms with Crippen LogP contribution in [0.4, 0.5) is 4.39 Å². The molecule has 2 fully saturated rings. The molecule has 3 atom stereocenters. The van der Waals surface area contributed by atoms with E-state index in [9.17, 15) is 22.4 Å². The van der Waals surface area contributed by atoms with Crippen molar-refractivity contribution < 1.29 is 22.4 Å². The van der Waals surface area contributed by atoms with E-state index < -0.39 is 31.9 Å². The minimum absolute atomic E-state index is 0.0923. The van der Waals surface area contributed by atoms with Crippen LogP contribution in [-0.2, 0) is 18.5 Å².